The molecule has 3 nitrogen and oxygen atoms in total. The Morgan fingerprint density at radius 2 is 1.95 bits per heavy atom. The van der Waals surface area contributed by atoms with Crippen molar-refractivity contribution in [1.82, 2.24) is 0 Å². The van der Waals surface area contributed by atoms with Gasteiger partial charge in [0.15, 0.2) is 0 Å². The van der Waals surface area contributed by atoms with E-state index < -0.39 is 25.9 Å². The highest BCUT2D eigenvalue weighted by atomic mass is 28.3. The molecule has 0 saturated heterocycles. The van der Waals surface area contributed by atoms with Crippen LogP contribution in [0, 0.1) is 11.5 Å². The minimum atomic E-state index is -4.46. The summed E-state index contributed by atoms with van der Waals surface area (Å²) in [6.45, 7) is 7.74. The number of rotatable bonds is 2. The predicted molar refractivity (Wildman–Crippen MR) is 82.3 cm³/mol. The molecule has 0 aliphatic carbocycles. The summed E-state index contributed by atoms with van der Waals surface area (Å²) in [6, 6.07) is 3.03. The number of hydrogen-bond acceptors (Lipinski definition) is 2. The van der Waals surface area contributed by atoms with Gasteiger partial charge in [0.2, 0.25) is 0 Å². The van der Waals surface area contributed by atoms with Gasteiger partial charge >= 0.3 is 12.3 Å². The Labute approximate surface area is 128 Å². The zero-order valence-electron chi connectivity index (χ0n) is 12.9. The molecule has 0 aromatic heterocycles. The third kappa shape index (κ3) is 5.82. The van der Waals surface area contributed by atoms with Gasteiger partial charge in [0.1, 0.15) is 8.07 Å². The highest BCUT2D eigenvalue weighted by Gasteiger charge is 2.31. The van der Waals surface area contributed by atoms with Crippen LogP contribution in [0.15, 0.2) is 18.2 Å². The lowest BCUT2D eigenvalue weighted by Gasteiger charge is -2.12. The third-order valence-corrected chi connectivity index (χ3v) is 3.31. The number of amides is 1. The minimum absolute atomic E-state index is 0.130. The molecule has 7 heteroatoms. The van der Waals surface area contributed by atoms with Gasteiger partial charge in [0.25, 0.3) is 0 Å². The molecule has 22 heavy (non-hydrogen) atoms. The Morgan fingerprint density at radius 3 is 2.45 bits per heavy atom. The van der Waals surface area contributed by atoms with E-state index in [4.69, 9.17) is 4.74 Å². The molecule has 1 aromatic rings. The fourth-order valence-corrected chi connectivity index (χ4v) is 1.97. The molecule has 0 bridgehead atoms. The van der Waals surface area contributed by atoms with Crippen molar-refractivity contribution in [1.29, 1.82) is 0 Å². The van der Waals surface area contributed by atoms with Crippen molar-refractivity contribution >= 4 is 19.9 Å². The maximum Gasteiger partial charge on any atom is 0.416 e. The molecular formula is C15H18F3NO2Si. The third-order valence-electron chi connectivity index (χ3n) is 2.43. The second-order valence-electron chi connectivity index (χ2n) is 5.60. The zero-order chi connectivity index (χ0) is 17.0. The van der Waals surface area contributed by atoms with Gasteiger partial charge in [-0.25, -0.2) is 4.79 Å². The van der Waals surface area contributed by atoms with Crippen molar-refractivity contribution in [2.75, 3.05) is 11.9 Å². The van der Waals surface area contributed by atoms with Crippen LogP contribution in [-0.4, -0.2) is 20.8 Å². The average Bonchev–Trinajstić information content (AvgIpc) is 2.35. The molecule has 0 unspecified atom stereocenters. The fourth-order valence-electron chi connectivity index (χ4n) is 1.46. The zero-order valence-corrected chi connectivity index (χ0v) is 13.9. The van der Waals surface area contributed by atoms with Crippen LogP contribution in [0.25, 0.3) is 0 Å². The summed E-state index contributed by atoms with van der Waals surface area (Å²) in [6.07, 6.45) is -5.18. The van der Waals surface area contributed by atoms with Crippen molar-refractivity contribution in [3.8, 4) is 11.5 Å². The number of anilines is 1. The maximum atomic E-state index is 12.8. The van der Waals surface area contributed by atoms with Crippen molar-refractivity contribution in [3.05, 3.63) is 29.3 Å². The lowest BCUT2D eigenvalue weighted by atomic mass is 10.1. The van der Waals surface area contributed by atoms with Crippen molar-refractivity contribution in [3.63, 3.8) is 0 Å². The Bertz CT molecular complexity index is 610. The molecule has 0 fully saturated rings. The molecule has 120 valence electrons. The maximum absolute atomic E-state index is 12.8. The topological polar surface area (TPSA) is 38.3 Å². The van der Waals surface area contributed by atoms with E-state index in [1.165, 1.54) is 6.07 Å². The molecule has 0 atom stereocenters. The highest BCUT2D eigenvalue weighted by Crippen LogP contribution is 2.31. The van der Waals surface area contributed by atoms with E-state index in [1.54, 1.807) is 6.92 Å². The van der Waals surface area contributed by atoms with Crippen LogP contribution in [-0.2, 0) is 10.9 Å². The summed E-state index contributed by atoms with van der Waals surface area (Å²) in [7, 11) is -1.77. The van der Waals surface area contributed by atoms with Gasteiger partial charge in [-0.3, -0.25) is 5.32 Å². The van der Waals surface area contributed by atoms with Crippen molar-refractivity contribution in [2.24, 2.45) is 0 Å². The van der Waals surface area contributed by atoms with E-state index >= 15 is 0 Å². The van der Waals surface area contributed by atoms with Gasteiger partial charge in [-0.15, -0.1) is 5.54 Å². The van der Waals surface area contributed by atoms with Crippen LogP contribution < -0.4 is 5.32 Å². The van der Waals surface area contributed by atoms with Crippen LogP contribution >= 0.6 is 0 Å². The Morgan fingerprint density at radius 1 is 1.32 bits per heavy atom. The first kappa shape index (κ1) is 18.1. The van der Waals surface area contributed by atoms with Crippen LogP contribution in [0.3, 0.4) is 0 Å². The number of halogens is 3. The Kier molecular flexibility index (Phi) is 5.66. The van der Waals surface area contributed by atoms with E-state index in [0.717, 1.165) is 12.1 Å². The van der Waals surface area contributed by atoms with E-state index in [2.05, 4.69) is 16.8 Å². The second-order valence-corrected chi connectivity index (χ2v) is 10.4. The molecule has 1 N–H and O–H groups in total. The van der Waals surface area contributed by atoms with E-state index in [1.807, 2.05) is 19.6 Å². The number of alkyl halides is 3. The molecular weight excluding hydrogens is 311 g/mol. The van der Waals surface area contributed by atoms with Gasteiger partial charge < -0.3 is 4.74 Å². The summed E-state index contributed by atoms with van der Waals surface area (Å²) in [4.78, 5) is 11.5. The van der Waals surface area contributed by atoms with E-state index in [-0.39, 0.29) is 17.9 Å². The normalized spacial score (nSPS) is 11.4. The van der Waals surface area contributed by atoms with Gasteiger partial charge in [-0.1, -0.05) is 25.6 Å². The van der Waals surface area contributed by atoms with Crippen molar-refractivity contribution in [2.45, 2.75) is 32.7 Å². The molecule has 0 spiro atoms. The first-order chi connectivity index (χ1) is 10.0. The molecule has 1 amide bonds. The monoisotopic (exact) mass is 329 g/mol. The Hall–Kier alpha value is -1.94. The highest BCUT2D eigenvalue weighted by molar-refractivity contribution is 6.83. The van der Waals surface area contributed by atoms with Crippen LogP contribution in [0.2, 0.25) is 19.6 Å². The summed E-state index contributed by atoms with van der Waals surface area (Å²) < 4.78 is 43.1. The Balaban J connectivity index is 3.25. The van der Waals surface area contributed by atoms with Gasteiger partial charge in [-0.2, -0.15) is 13.2 Å². The summed E-state index contributed by atoms with van der Waals surface area (Å²) in [5, 5.41) is 2.41. The number of carbonyl (C=O) groups excluding carboxylic acids is 1. The van der Waals surface area contributed by atoms with Gasteiger partial charge in [0.05, 0.1) is 17.9 Å². The van der Waals surface area contributed by atoms with Gasteiger partial charge in [0, 0.05) is 5.56 Å². The van der Waals surface area contributed by atoms with Crippen molar-refractivity contribution < 1.29 is 22.7 Å². The molecule has 0 heterocycles. The van der Waals surface area contributed by atoms with Crippen LogP contribution in [0.5, 0.6) is 0 Å². The standard InChI is InChI=1S/C15H18F3NO2Si/c1-5-21-14(20)19-13-7-6-12(15(16,17)18)10-11(13)8-9-22(2,3)4/h6-7,10H,5H2,1-4H3,(H,19,20). The number of benzene rings is 1. The molecule has 0 aliphatic rings. The second kappa shape index (κ2) is 6.88. The predicted octanol–water partition coefficient (Wildman–Crippen LogP) is 4.50. The number of ether oxygens (including phenoxy) is 1. The molecule has 1 aromatic carbocycles. The largest absolute Gasteiger partial charge is 0.450 e. The molecule has 0 radical (unpaired) electrons. The number of hydrogen-bond donors (Lipinski definition) is 1. The number of nitrogens with one attached hydrogen (secondary N) is 1. The SMILES string of the molecule is CCOC(=O)Nc1ccc(C(F)(F)F)cc1C#C[Si](C)(C)C. The first-order valence-corrected chi connectivity index (χ1v) is 10.2. The minimum Gasteiger partial charge on any atom is -0.450 e. The summed E-state index contributed by atoms with van der Waals surface area (Å²) in [5.74, 6) is 2.75. The molecule has 0 aliphatic heterocycles. The smallest absolute Gasteiger partial charge is 0.416 e. The first-order valence-electron chi connectivity index (χ1n) is 6.71. The van der Waals surface area contributed by atoms with Gasteiger partial charge in [-0.05, 0) is 25.1 Å². The average molecular weight is 329 g/mol. The van der Waals surface area contributed by atoms with Crippen LogP contribution in [0.4, 0.5) is 23.7 Å². The summed E-state index contributed by atoms with van der Waals surface area (Å²) >= 11 is 0. The number of carbonyl (C=O) groups is 1. The molecule has 0 saturated carbocycles. The van der Waals surface area contributed by atoms with E-state index in [9.17, 15) is 18.0 Å². The van der Waals surface area contributed by atoms with E-state index in [0.29, 0.717) is 0 Å². The lowest BCUT2D eigenvalue weighted by Crippen LogP contribution is -2.17. The lowest BCUT2D eigenvalue weighted by molar-refractivity contribution is -0.137. The van der Waals surface area contributed by atoms with Crippen LogP contribution in [0.1, 0.15) is 18.1 Å². The fraction of sp³-hybridized carbons (Fsp3) is 0.400. The quantitative estimate of drug-likeness (QED) is 0.641. The summed E-state index contributed by atoms with van der Waals surface area (Å²) in [5.41, 5.74) is 2.52. The molecule has 1 rings (SSSR count).